The maximum atomic E-state index is 5.57. The highest BCUT2D eigenvalue weighted by atomic mass is 32.2. The summed E-state index contributed by atoms with van der Waals surface area (Å²) in [5.41, 5.74) is 5.27. The highest BCUT2D eigenvalue weighted by Crippen LogP contribution is 2.29. The minimum absolute atomic E-state index is 0.309. The van der Waals surface area contributed by atoms with Crippen molar-refractivity contribution in [3.63, 3.8) is 0 Å². The normalized spacial score (nSPS) is 20.7. The van der Waals surface area contributed by atoms with Crippen LogP contribution in [-0.2, 0) is 0 Å². The number of rotatable bonds is 2. The van der Waals surface area contributed by atoms with Gasteiger partial charge in [0.15, 0.2) is 10.5 Å². The summed E-state index contributed by atoms with van der Waals surface area (Å²) in [6.07, 6.45) is 1.57. The zero-order valence-corrected chi connectivity index (χ0v) is 10.3. The third-order valence-corrected chi connectivity index (χ3v) is 3.28. The molecule has 2 N–H and O–H groups in total. The first-order valence-corrected chi connectivity index (χ1v) is 6.38. The van der Waals surface area contributed by atoms with Gasteiger partial charge in [-0.2, -0.15) is 5.11 Å². The summed E-state index contributed by atoms with van der Waals surface area (Å²) in [6, 6.07) is 14.1. The maximum Gasteiger partial charge on any atom is 0.171 e. The van der Waals surface area contributed by atoms with Crippen LogP contribution in [0, 0.1) is 0 Å². The number of ether oxygens (including phenoxy) is 1. The molecule has 0 fully saturated rings. The summed E-state index contributed by atoms with van der Waals surface area (Å²) < 4.78 is 5.55. The molecule has 1 atom stereocenters. The van der Waals surface area contributed by atoms with Crippen LogP contribution in [-0.4, -0.2) is 5.50 Å². The van der Waals surface area contributed by atoms with Gasteiger partial charge < -0.3 is 4.74 Å². The van der Waals surface area contributed by atoms with Gasteiger partial charge >= 0.3 is 0 Å². The molecule has 0 radical (unpaired) electrons. The lowest BCUT2D eigenvalue weighted by molar-refractivity contribution is 0.479. The minimum atomic E-state index is -0.309. The topological polar surface area (TPSA) is 60.0 Å². The molecule has 0 bridgehead atoms. The molecule has 1 aliphatic heterocycles. The summed E-state index contributed by atoms with van der Waals surface area (Å²) in [7, 11) is 0. The lowest BCUT2D eigenvalue weighted by atomic mass is 10.1. The van der Waals surface area contributed by atoms with Crippen molar-refractivity contribution in [2.24, 2.45) is 16.0 Å². The van der Waals surface area contributed by atoms with Crippen LogP contribution in [0.15, 0.2) is 64.0 Å². The molecule has 0 amide bonds. The van der Waals surface area contributed by atoms with Crippen molar-refractivity contribution in [3.05, 3.63) is 53.8 Å². The van der Waals surface area contributed by atoms with Crippen LogP contribution < -0.4 is 10.5 Å². The van der Waals surface area contributed by atoms with Crippen LogP contribution in [0.3, 0.4) is 0 Å². The average Bonchev–Trinajstić information content (AvgIpc) is 2.82. The molecular weight excluding hydrogens is 246 g/mol. The second-order valence-electron chi connectivity index (χ2n) is 3.81. The van der Waals surface area contributed by atoms with E-state index in [9.17, 15) is 0 Å². The van der Waals surface area contributed by atoms with E-state index in [0.29, 0.717) is 5.03 Å². The van der Waals surface area contributed by atoms with E-state index in [1.165, 1.54) is 17.1 Å². The predicted octanol–water partition coefficient (Wildman–Crippen LogP) is 3.46. The number of thioether (sulfide) groups is 1. The van der Waals surface area contributed by atoms with Gasteiger partial charge in [-0.15, -0.1) is 5.11 Å². The number of benzene rings is 2. The third-order valence-electron chi connectivity index (χ3n) is 2.53. The Labute approximate surface area is 109 Å². The van der Waals surface area contributed by atoms with E-state index in [2.05, 4.69) is 22.4 Å². The summed E-state index contributed by atoms with van der Waals surface area (Å²) in [4.78, 5) is 0. The number of nitrogens with zero attached hydrogens (tertiary/aromatic N) is 2. The van der Waals surface area contributed by atoms with Gasteiger partial charge in [-0.1, -0.05) is 42.1 Å². The Morgan fingerprint density at radius 1 is 1.17 bits per heavy atom. The summed E-state index contributed by atoms with van der Waals surface area (Å²) in [6.45, 7) is 0. The van der Waals surface area contributed by atoms with Gasteiger partial charge in [0.05, 0.1) is 0 Å². The van der Waals surface area contributed by atoms with E-state index in [-0.39, 0.29) is 5.50 Å². The lowest BCUT2D eigenvalue weighted by Crippen LogP contribution is -2.07. The van der Waals surface area contributed by atoms with Crippen LogP contribution in [0.25, 0.3) is 10.8 Å². The molecule has 2 aromatic carbocycles. The molecule has 1 heterocycles. The second kappa shape index (κ2) is 4.80. The van der Waals surface area contributed by atoms with Crippen LogP contribution in [0.1, 0.15) is 0 Å². The quantitative estimate of drug-likeness (QED) is 0.838. The summed E-state index contributed by atoms with van der Waals surface area (Å²) >= 11 is 1.37. The Kier molecular flexibility index (Phi) is 3.00. The van der Waals surface area contributed by atoms with Crippen molar-refractivity contribution in [1.82, 2.24) is 0 Å². The Bertz CT molecular complexity index is 639. The summed E-state index contributed by atoms with van der Waals surface area (Å²) in [5, 5.41) is 10.7. The van der Waals surface area contributed by atoms with Gasteiger partial charge in [-0.3, -0.25) is 5.73 Å². The molecule has 1 unspecified atom stereocenters. The van der Waals surface area contributed by atoms with Gasteiger partial charge in [0.2, 0.25) is 0 Å². The van der Waals surface area contributed by atoms with Crippen molar-refractivity contribution in [2.45, 2.75) is 5.50 Å². The van der Waals surface area contributed by atoms with Crippen molar-refractivity contribution < 1.29 is 4.74 Å². The minimum Gasteiger partial charge on any atom is -0.462 e. The highest BCUT2D eigenvalue weighted by Gasteiger charge is 2.12. The molecule has 3 rings (SSSR count). The molecule has 5 heteroatoms. The molecule has 0 aliphatic carbocycles. The van der Waals surface area contributed by atoms with Gasteiger partial charge in [0.25, 0.3) is 0 Å². The lowest BCUT2D eigenvalue weighted by Gasteiger charge is -2.03. The second-order valence-corrected chi connectivity index (χ2v) is 4.94. The van der Waals surface area contributed by atoms with Crippen LogP contribution >= 0.6 is 11.8 Å². The smallest absolute Gasteiger partial charge is 0.171 e. The molecule has 1 aliphatic rings. The Morgan fingerprint density at radius 3 is 2.78 bits per heavy atom. The number of hydrogen-bond acceptors (Lipinski definition) is 5. The largest absolute Gasteiger partial charge is 0.462 e. The summed E-state index contributed by atoms with van der Waals surface area (Å²) in [5.74, 6) is 0.775. The molecule has 0 saturated carbocycles. The fourth-order valence-corrected chi connectivity index (χ4v) is 2.23. The Balaban J connectivity index is 1.81. The van der Waals surface area contributed by atoms with Crippen molar-refractivity contribution in [3.8, 4) is 5.75 Å². The number of nitrogens with two attached hydrogens (primary N) is 1. The van der Waals surface area contributed by atoms with E-state index in [1.54, 1.807) is 6.26 Å². The Morgan fingerprint density at radius 2 is 2.00 bits per heavy atom. The molecule has 0 saturated heterocycles. The Hall–Kier alpha value is -1.85. The van der Waals surface area contributed by atoms with E-state index in [1.807, 2.05) is 30.3 Å². The van der Waals surface area contributed by atoms with Gasteiger partial charge in [0, 0.05) is 0 Å². The van der Waals surface area contributed by atoms with Crippen LogP contribution in [0.5, 0.6) is 5.75 Å². The van der Waals surface area contributed by atoms with Crippen molar-refractivity contribution in [1.29, 1.82) is 0 Å². The van der Waals surface area contributed by atoms with Crippen molar-refractivity contribution >= 4 is 22.5 Å². The van der Waals surface area contributed by atoms with Gasteiger partial charge in [-0.05, 0) is 22.9 Å². The van der Waals surface area contributed by atoms with Gasteiger partial charge in [-0.25, -0.2) is 0 Å². The fraction of sp³-hybridized carbons (Fsp3) is 0.0769. The first-order chi connectivity index (χ1) is 8.81. The van der Waals surface area contributed by atoms with E-state index < -0.39 is 0 Å². The zero-order chi connectivity index (χ0) is 12.4. The van der Waals surface area contributed by atoms with E-state index in [4.69, 9.17) is 10.5 Å². The standard InChI is InChI=1S/C13H11N3OS/c14-13-16-15-12(18-13)8-17-11-6-5-9-3-1-2-4-10(9)7-11/h1-8,13H,14H2. The number of azo groups is 1. The predicted molar refractivity (Wildman–Crippen MR) is 73.1 cm³/mol. The highest BCUT2D eigenvalue weighted by molar-refractivity contribution is 8.03. The van der Waals surface area contributed by atoms with E-state index >= 15 is 0 Å². The monoisotopic (exact) mass is 257 g/mol. The van der Waals surface area contributed by atoms with Crippen LogP contribution in [0.2, 0.25) is 0 Å². The molecular formula is C13H11N3OS. The zero-order valence-electron chi connectivity index (χ0n) is 9.48. The average molecular weight is 257 g/mol. The van der Waals surface area contributed by atoms with Gasteiger partial charge in [0.1, 0.15) is 12.0 Å². The third kappa shape index (κ3) is 2.37. The molecule has 0 aromatic heterocycles. The van der Waals surface area contributed by atoms with E-state index in [0.717, 1.165) is 11.1 Å². The fourth-order valence-electron chi connectivity index (χ4n) is 1.70. The van der Waals surface area contributed by atoms with Crippen LogP contribution in [0.4, 0.5) is 0 Å². The number of hydrogen-bond donors (Lipinski definition) is 1. The molecule has 2 aromatic rings. The maximum absolute atomic E-state index is 5.57. The molecule has 90 valence electrons. The first-order valence-electron chi connectivity index (χ1n) is 5.50. The molecule has 0 spiro atoms. The SMILES string of the molecule is NC1N=NC(=COc2ccc3ccccc3c2)S1. The van der Waals surface area contributed by atoms with Crippen molar-refractivity contribution in [2.75, 3.05) is 0 Å². The molecule has 4 nitrogen and oxygen atoms in total. The molecule has 18 heavy (non-hydrogen) atoms. The first kappa shape index (κ1) is 11.3. The number of fused-ring (bicyclic) bond motifs is 1.